The standard InChI is InChI=1S/C21H19N5O/c1-15-13-25(19-10-6-5-9-18(15)19)14-20(27)24-21-16(11-22)12-23-26(21)17-7-3-2-4-8-17/h2-10,12,15H,13-14H2,1H3,(H,24,27). The molecule has 1 aromatic heterocycles. The Hall–Kier alpha value is -3.59. The molecule has 1 N–H and O–H groups in total. The highest BCUT2D eigenvalue weighted by molar-refractivity contribution is 5.95. The molecule has 1 aliphatic rings. The Morgan fingerprint density at radius 2 is 1.96 bits per heavy atom. The summed E-state index contributed by atoms with van der Waals surface area (Å²) in [5.41, 5.74) is 3.48. The fourth-order valence-electron chi connectivity index (χ4n) is 3.53. The van der Waals surface area contributed by atoms with Gasteiger partial charge in [0.25, 0.3) is 0 Å². The van der Waals surface area contributed by atoms with E-state index in [1.54, 1.807) is 4.68 Å². The second-order valence-electron chi connectivity index (χ2n) is 6.65. The van der Waals surface area contributed by atoms with E-state index >= 15 is 0 Å². The van der Waals surface area contributed by atoms with E-state index in [9.17, 15) is 10.1 Å². The van der Waals surface area contributed by atoms with Crippen LogP contribution in [-0.4, -0.2) is 28.8 Å². The summed E-state index contributed by atoms with van der Waals surface area (Å²) in [5, 5.41) is 16.5. The van der Waals surface area contributed by atoms with Crippen molar-refractivity contribution in [2.45, 2.75) is 12.8 Å². The number of benzene rings is 2. The first kappa shape index (κ1) is 16.9. The summed E-state index contributed by atoms with van der Waals surface area (Å²) < 4.78 is 1.58. The number of hydrogen-bond donors (Lipinski definition) is 1. The molecule has 1 amide bonds. The number of fused-ring (bicyclic) bond motifs is 1. The molecule has 0 saturated carbocycles. The van der Waals surface area contributed by atoms with Gasteiger partial charge in [0.1, 0.15) is 11.6 Å². The molecule has 27 heavy (non-hydrogen) atoms. The Morgan fingerprint density at radius 3 is 2.74 bits per heavy atom. The van der Waals surface area contributed by atoms with Crippen molar-refractivity contribution in [2.75, 3.05) is 23.3 Å². The zero-order valence-electron chi connectivity index (χ0n) is 15.0. The minimum Gasteiger partial charge on any atom is -0.361 e. The van der Waals surface area contributed by atoms with E-state index in [2.05, 4.69) is 34.4 Å². The highest BCUT2D eigenvalue weighted by Crippen LogP contribution is 2.35. The molecule has 6 heteroatoms. The molecule has 2 aromatic carbocycles. The van der Waals surface area contributed by atoms with E-state index in [1.807, 2.05) is 48.5 Å². The quantitative estimate of drug-likeness (QED) is 0.777. The van der Waals surface area contributed by atoms with E-state index in [0.29, 0.717) is 17.3 Å². The normalized spacial score (nSPS) is 15.3. The number of hydrogen-bond acceptors (Lipinski definition) is 4. The topological polar surface area (TPSA) is 74.0 Å². The number of rotatable bonds is 4. The lowest BCUT2D eigenvalue weighted by molar-refractivity contribution is -0.115. The van der Waals surface area contributed by atoms with Crippen molar-refractivity contribution in [1.29, 1.82) is 5.26 Å². The fraction of sp³-hybridized carbons (Fsp3) is 0.190. The Labute approximate surface area is 157 Å². The second-order valence-corrected chi connectivity index (χ2v) is 6.65. The molecule has 3 aromatic rings. The molecule has 1 atom stereocenters. The molecule has 0 saturated heterocycles. The average Bonchev–Trinajstić information content (AvgIpc) is 3.24. The molecular weight excluding hydrogens is 338 g/mol. The molecular formula is C21H19N5O. The van der Waals surface area contributed by atoms with Crippen LogP contribution in [-0.2, 0) is 4.79 Å². The van der Waals surface area contributed by atoms with Crippen molar-refractivity contribution in [2.24, 2.45) is 0 Å². The summed E-state index contributed by atoms with van der Waals surface area (Å²) in [6.45, 7) is 3.19. The molecule has 6 nitrogen and oxygen atoms in total. The van der Waals surface area contributed by atoms with Crippen LogP contribution >= 0.6 is 0 Å². The maximum atomic E-state index is 12.7. The van der Waals surface area contributed by atoms with Crippen LogP contribution < -0.4 is 10.2 Å². The van der Waals surface area contributed by atoms with Gasteiger partial charge in [-0.25, -0.2) is 4.68 Å². The van der Waals surface area contributed by atoms with Gasteiger partial charge in [-0.15, -0.1) is 0 Å². The predicted molar refractivity (Wildman–Crippen MR) is 104 cm³/mol. The Balaban J connectivity index is 1.56. The zero-order valence-corrected chi connectivity index (χ0v) is 15.0. The highest BCUT2D eigenvalue weighted by atomic mass is 16.2. The molecule has 0 aliphatic carbocycles. The summed E-state index contributed by atoms with van der Waals surface area (Å²) >= 11 is 0. The number of carbonyl (C=O) groups excluding carboxylic acids is 1. The van der Waals surface area contributed by atoms with Crippen molar-refractivity contribution in [3.8, 4) is 11.8 Å². The number of anilines is 2. The molecule has 4 rings (SSSR count). The van der Waals surface area contributed by atoms with Crippen molar-refractivity contribution < 1.29 is 4.79 Å². The van der Waals surface area contributed by atoms with Gasteiger partial charge in [-0.2, -0.15) is 10.4 Å². The number of nitrogens with one attached hydrogen (secondary N) is 1. The van der Waals surface area contributed by atoms with Crippen molar-refractivity contribution in [1.82, 2.24) is 9.78 Å². The van der Waals surface area contributed by atoms with Gasteiger partial charge < -0.3 is 10.2 Å². The molecule has 2 heterocycles. The Kier molecular flexibility index (Phi) is 4.35. The Morgan fingerprint density at radius 1 is 1.22 bits per heavy atom. The van der Waals surface area contributed by atoms with Crippen molar-refractivity contribution in [3.05, 3.63) is 71.9 Å². The maximum Gasteiger partial charge on any atom is 0.245 e. The molecule has 0 radical (unpaired) electrons. The average molecular weight is 357 g/mol. The van der Waals surface area contributed by atoms with Gasteiger partial charge in [0, 0.05) is 18.2 Å². The van der Waals surface area contributed by atoms with Crippen molar-refractivity contribution >= 4 is 17.4 Å². The van der Waals surface area contributed by atoms with E-state index < -0.39 is 0 Å². The second kappa shape index (κ2) is 6.96. The lowest BCUT2D eigenvalue weighted by Gasteiger charge is -2.19. The SMILES string of the molecule is CC1CN(CC(=O)Nc2c(C#N)cnn2-c2ccccc2)c2ccccc21. The molecule has 0 fully saturated rings. The van der Waals surface area contributed by atoms with Crippen LogP contribution in [0.25, 0.3) is 5.69 Å². The zero-order chi connectivity index (χ0) is 18.8. The van der Waals surface area contributed by atoms with Crippen LogP contribution in [0.4, 0.5) is 11.5 Å². The van der Waals surface area contributed by atoms with Gasteiger partial charge >= 0.3 is 0 Å². The van der Waals surface area contributed by atoms with Crippen LogP contribution in [0.1, 0.15) is 24.0 Å². The summed E-state index contributed by atoms with van der Waals surface area (Å²) in [4.78, 5) is 14.8. The van der Waals surface area contributed by atoms with E-state index in [1.165, 1.54) is 11.8 Å². The molecule has 1 unspecified atom stereocenters. The number of nitrogens with zero attached hydrogens (tertiary/aromatic N) is 4. The number of amides is 1. The van der Waals surface area contributed by atoms with Crippen LogP contribution in [0.15, 0.2) is 60.8 Å². The summed E-state index contributed by atoms with van der Waals surface area (Å²) in [7, 11) is 0. The third-order valence-corrected chi connectivity index (χ3v) is 4.79. The summed E-state index contributed by atoms with van der Waals surface area (Å²) in [6, 6.07) is 19.7. The smallest absolute Gasteiger partial charge is 0.245 e. The first-order chi connectivity index (χ1) is 13.2. The fourth-order valence-corrected chi connectivity index (χ4v) is 3.53. The maximum absolute atomic E-state index is 12.7. The Bertz CT molecular complexity index is 1020. The van der Waals surface area contributed by atoms with Crippen LogP contribution in [0, 0.1) is 11.3 Å². The molecule has 0 bridgehead atoms. The van der Waals surface area contributed by atoms with Gasteiger partial charge in [-0.1, -0.05) is 43.3 Å². The monoisotopic (exact) mass is 357 g/mol. The van der Waals surface area contributed by atoms with Gasteiger partial charge in [0.15, 0.2) is 5.82 Å². The lowest BCUT2D eigenvalue weighted by atomic mass is 10.0. The number of aromatic nitrogens is 2. The molecule has 1 aliphatic heterocycles. The third-order valence-electron chi connectivity index (χ3n) is 4.79. The van der Waals surface area contributed by atoms with E-state index in [0.717, 1.165) is 17.9 Å². The highest BCUT2D eigenvalue weighted by Gasteiger charge is 2.27. The summed E-state index contributed by atoms with van der Waals surface area (Å²) in [5.74, 6) is 0.612. The van der Waals surface area contributed by atoms with E-state index in [4.69, 9.17) is 0 Å². The number of nitriles is 1. The number of carbonyl (C=O) groups is 1. The minimum atomic E-state index is -0.173. The summed E-state index contributed by atoms with van der Waals surface area (Å²) in [6.07, 6.45) is 1.47. The first-order valence-corrected chi connectivity index (χ1v) is 8.84. The van der Waals surface area contributed by atoms with Gasteiger partial charge in [0.2, 0.25) is 5.91 Å². The minimum absolute atomic E-state index is 0.173. The van der Waals surface area contributed by atoms with Gasteiger partial charge in [0.05, 0.1) is 18.4 Å². The lowest BCUT2D eigenvalue weighted by Crippen LogP contribution is -2.33. The largest absolute Gasteiger partial charge is 0.361 e. The molecule has 134 valence electrons. The predicted octanol–water partition coefficient (Wildman–Crippen LogP) is 3.31. The van der Waals surface area contributed by atoms with Crippen molar-refractivity contribution in [3.63, 3.8) is 0 Å². The van der Waals surface area contributed by atoms with Crippen LogP contribution in [0.5, 0.6) is 0 Å². The van der Waals surface area contributed by atoms with Gasteiger partial charge in [-0.05, 0) is 23.8 Å². The molecule has 0 spiro atoms. The number of para-hydroxylation sites is 2. The third kappa shape index (κ3) is 3.15. The van der Waals surface area contributed by atoms with Crippen LogP contribution in [0.2, 0.25) is 0 Å². The van der Waals surface area contributed by atoms with Crippen LogP contribution in [0.3, 0.4) is 0 Å². The first-order valence-electron chi connectivity index (χ1n) is 8.84. The van der Waals surface area contributed by atoms with Gasteiger partial charge in [-0.3, -0.25) is 4.79 Å². The van der Waals surface area contributed by atoms with E-state index in [-0.39, 0.29) is 12.5 Å².